The van der Waals surface area contributed by atoms with Gasteiger partial charge in [-0.15, -0.1) is 0 Å². The van der Waals surface area contributed by atoms with Crippen LogP contribution in [0.25, 0.3) is 0 Å². The van der Waals surface area contributed by atoms with Gasteiger partial charge in [0, 0.05) is 7.05 Å². The molecule has 0 aliphatic heterocycles. The SMILES string of the molecule is CCOC(=O)CN(C)S(=O)(=O)Cc1ccc(F)cc1. The average molecular weight is 289 g/mol. The van der Waals surface area contributed by atoms with Crippen LogP contribution in [0.1, 0.15) is 12.5 Å². The van der Waals surface area contributed by atoms with Crippen molar-refractivity contribution in [3.8, 4) is 0 Å². The molecule has 0 aromatic heterocycles. The minimum Gasteiger partial charge on any atom is -0.465 e. The molecule has 19 heavy (non-hydrogen) atoms. The summed E-state index contributed by atoms with van der Waals surface area (Å²) in [6, 6.07) is 5.17. The highest BCUT2D eigenvalue weighted by molar-refractivity contribution is 7.88. The van der Waals surface area contributed by atoms with Gasteiger partial charge in [0.2, 0.25) is 10.0 Å². The summed E-state index contributed by atoms with van der Waals surface area (Å²) in [5, 5.41) is 0. The van der Waals surface area contributed by atoms with Crippen LogP contribution in [0.3, 0.4) is 0 Å². The predicted molar refractivity (Wildman–Crippen MR) is 68.3 cm³/mol. The number of ether oxygens (including phenoxy) is 1. The Balaban J connectivity index is 2.69. The van der Waals surface area contributed by atoms with Gasteiger partial charge in [0.1, 0.15) is 12.4 Å². The van der Waals surface area contributed by atoms with Crippen molar-refractivity contribution in [1.82, 2.24) is 4.31 Å². The van der Waals surface area contributed by atoms with Crippen LogP contribution in [-0.4, -0.2) is 38.9 Å². The molecule has 0 aliphatic rings. The topological polar surface area (TPSA) is 63.7 Å². The predicted octanol–water partition coefficient (Wildman–Crippen LogP) is 1.15. The smallest absolute Gasteiger partial charge is 0.321 e. The third-order valence-corrected chi connectivity index (χ3v) is 4.17. The van der Waals surface area contributed by atoms with Gasteiger partial charge in [-0.3, -0.25) is 4.79 Å². The molecule has 106 valence electrons. The van der Waals surface area contributed by atoms with Crippen LogP contribution >= 0.6 is 0 Å². The summed E-state index contributed by atoms with van der Waals surface area (Å²) >= 11 is 0. The monoisotopic (exact) mass is 289 g/mol. The van der Waals surface area contributed by atoms with Crippen molar-refractivity contribution in [2.75, 3.05) is 20.2 Å². The molecule has 1 rings (SSSR count). The molecule has 0 radical (unpaired) electrons. The normalized spacial score (nSPS) is 11.6. The van der Waals surface area contributed by atoms with Crippen molar-refractivity contribution in [3.63, 3.8) is 0 Å². The van der Waals surface area contributed by atoms with E-state index in [-0.39, 0.29) is 18.9 Å². The number of rotatable bonds is 6. The Hall–Kier alpha value is -1.47. The molecule has 0 bridgehead atoms. The van der Waals surface area contributed by atoms with E-state index in [9.17, 15) is 17.6 Å². The zero-order chi connectivity index (χ0) is 14.5. The van der Waals surface area contributed by atoms with E-state index in [1.165, 1.54) is 31.3 Å². The number of hydrogen-bond donors (Lipinski definition) is 0. The van der Waals surface area contributed by atoms with Crippen LogP contribution in [0.4, 0.5) is 4.39 Å². The zero-order valence-electron chi connectivity index (χ0n) is 10.8. The van der Waals surface area contributed by atoms with Crippen LogP contribution in [0.5, 0.6) is 0 Å². The lowest BCUT2D eigenvalue weighted by Crippen LogP contribution is -2.33. The minimum absolute atomic E-state index is 0.199. The number of carbonyl (C=O) groups excluding carboxylic acids is 1. The summed E-state index contributed by atoms with van der Waals surface area (Å²) in [4.78, 5) is 11.2. The fourth-order valence-corrected chi connectivity index (χ4v) is 2.52. The van der Waals surface area contributed by atoms with E-state index in [0.717, 1.165) is 4.31 Å². The van der Waals surface area contributed by atoms with Gasteiger partial charge in [-0.25, -0.2) is 12.8 Å². The highest BCUT2D eigenvalue weighted by Crippen LogP contribution is 2.10. The van der Waals surface area contributed by atoms with E-state index in [0.29, 0.717) is 5.56 Å². The van der Waals surface area contributed by atoms with Crippen LogP contribution in [-0.2, 0) is 25.3 Å². The van der Waals surface area contributed by atoms with E-state index >= 15 is 0 Å². The lowest BCUT2D eigenvalue weighted by Gasteiger charge is -2.16. The molecular weight excluding hydrogens is 273 g/mol. The highest BCUT2D eigenvalue weighted by atomic mass is 32.2. The van der Waals surface area contributed by atoms with E-state index in [4.69, 9.17) is 0 Å². The van der Waals surface area contributed by atoms with Gasteiger partial charge in [0.15, 0.2) is 0 Å². The molecule has 7 heteroatoms. The number of esters is 1. The fourth-order valence-electron chi connectivity index (χ4n) is 1.39. The van der Waals surface area contributed by atoms with Gasteiger partial charge < -0.3 is 4.74 Å². The second kappa shape index (κ2) is 6.63. The van der Waals surface area contributed by atoms with Crippen molar-refractivity contribution >= 4 is 16.0 Å². The maximum atomic E-state index is 12.7. The lowest BCUT2D eigenvalue weighted by molar-refractivity contribution is -0.143. The molecule has 0 heterocycles. The van der Waals surface area contributed by atoms with Crippen molar-refractivity contribution in [2.45, 2.75) is 12.7 Å². The van der Waals surface area contributed by atoms with Crippen molar-refractivity contribution < 1.29 is 22.3 Å². The Morgan fingerprint density at radius 3 is 2.42 bits per heavy atom. The van der Waals surface area contributed by atoms with Crippen molar-refractivity contribution in [2.24, 2.45) is 0 Å². The second-order valence-corrected chi connectivity index (χ2v) is 6.02. The quantitative estimate of drug-likeness (QED) is 0.737. The molecule has 0 saturated carbocycles. The Bertz CT molecular complexity index is 527. The molecule has 0 fully saturated rings. The number of halogens is 1. The average Bonchev–Trinajstić information content (AvgIpc) is 2.32. The molecule has 0 spiro atoms. The van der Waals surface area contributed by atoms with Gasteiger partial charge in [-0.1, -0.05) is 12.1 Å². The van der Waals surface area contributed by atoms with Crippen molar-refractivity contribution in [3.05, 3.63) is 35.6 Å². The fraction of sp³-hybridized carbons (Fsp3) is 0.417. The van der Waals surface area contributed by atoms with E-state index < -0.39 is 21.8 Å². The van der Waals surface area contributed by atoms with E-state index in [1.807, 2.05) is 0 Å². The Morgan fingerprint density at radius 2 is 1.89 bits per heavy atom. The van der Waals surface area contributed by atoms with E-state index in [2.05, 4.69) is 4.74 Å². The van der Waals surface area contributed by atoms with Gasteiger partial charge in [-0.05, 0) is 24.6 Å². The number of nitrogens with zero attached hydrogens (tertiary/aromatic N) is 1. The van der Waals surface area contributed by atoms with Gasteiger partial charge in [0.05, 0.1) is 12.4 Å². The van der Waals surface area contributed by atoms with Crippen molar-refractivity contribution in [1.29, 1.82) is 0 Å². The first-order valence-corrected chi connectivity index (χ1v) is 7.30. The molecular formula is C12H16FNO4S. The number of hydrogen-bond acceptors (Lipinski definition) is 4. The summed E-state index contributed by atoms with van der Waals surface area (Å²) in [6.45, 7) is 1.51. The number of likely N-dealkylation sites (N-methyl/N-ethyl adjacent to an activating group) is 1. The molecule has 5 nitrogen and oxygen atoms in total. The first-order valence-electron chi connectivity index (χ1n) is 5.69. The molecule has 0 amide bonds. The summed E-state index contributed by atoms with van der Waals surface area (Å²) in [5.41, 5.74) is 0.456. The molecule has 0 aliphatic carbocycles. The summed E-state index contributed by atoms with van der Waals surface area (Å²) in [7, 11) is -2.33. The third-order valence-electron chi connectivity index (χ3n) is 2.39. The molecule has 1 aromatic carbocycles. The van der Waals surface area contributed by atoms with Crippen LogP contribution in [0.15, 0.2) is 24.3 Å². The molecule has 0 saturated heterocycles. The zero-order valence-corrected chi connectivity index (χ0v) is 11.6. The Kier molecular flexibility index (Phi) is 5.44. The Morgan fingerprint density at radius 1 is 1.32 bits per heavy atom. The number of sulfonamides is 1. The third kappa shape index (κ3) is 4.96. The van der Waals surface area contributed by atoms with Crippen LogP contribution < -0.4 is 0 Å². The first-order chi connectivity index (χ1) is 8.85. The Labute approximate surface area is 112 Å². The largest absolute Gasteiger partial charge is 0.465 e. The van der Waals surface area contributed by atoms with Gasteiger partial charge >= 0.3 is 5.97 Å². The van der Waals surface area contributed by atoms with Gasteiger partial charge in [-0.2, -0.15) is 4.31 Å². The first kappa shape index (κ1) is 15.6. The molecule has 0 unspecified atom stereocenters. The number of benzene rings is 1. The molecule has 1 aromatic rings. The van der Waals surface area contributed by atoms with Crippen LogP contribution in [0, 0.1) is 5.82 Å². The van der Waals surface area contributed by atoms with Gasteiger partial charge in [0.25, 0.3) is 0 Å². The maximum absolute atomic E-state index is 12.7. The summed E-state index contributed by atoms with van der Waals surface area (Å²) in [6.07, 6.45) is 0. The lowest BCUT2D eigenvalue weighted by atomic mass is 10.2. The van der Waals surface area contributed by atoms with E-state index in [1.54, 1.807) is 6.92 Å². The summed E-state index contributed by atoms with van der Waals surface area (Å²) < 4.78 is 42.2. The van der Waals surface area contributed by atoms with Crippen LogP contribution in [0.2, 0.25) is 0 Å². The molecule has 0 atom stereocenters. The maximum Gasteiger partial charge on any atom is 0.321 e. The highest BCUT2D eigenvalue weighted by Gasteiger charge is 2.21. The second-order valence-electron chi connectivity index (χ2n) is 3.94. The summed E-state index contributed by atoms with van der Waals surface area (Å²) in [5.74, 6) is -1.32. The number of carbonyl (C=O) groups is 1. The molecule has 0 N–H and O–H groups in total. The minimum atomic E-state index is -3.63. The standard InChI is InChI=1S/C12H16FNO4S/c1-3-18-12(15)8-14(2)19(16,17)9-10-4-6-11(13)7-5-10/h4-7H,3,8-9H2,1-2H3.